The van der Waals surface area contributed by atoms with Crippen LogP contribution in [-0.2, 0) is 0 Å². The Labute approximate surface area is 65.7 Å². The summed E-state index contributed by atoms with van der Waals surface area (Å²) in [4.78, 5) is 3.45. The molecule has 0 unspecified atom stereocenters. The van der Waals surface area contributed by atoms with E-state index in [9.17, 15) is 0 Å². The molecule has 2 nitrogen and oxygen atoms in total. The summed E-state index contributed by atoms with van der Waals surface area (Å²) in [5.74, 6) is 0. The van der Waals surface area contributed by atoms with Crippen LogP contribution in [0.4, 0.5) is 5.69 Å². The first kappa shape index (κ1) is 2.46. The molecule has 1 rings (SSSR count). The summed E-state index contributed by atoms with van der Waals surface area (Å²) >= 11 is 5.49. The standard InChI is InChI=1S/C6H7ClN2/c1-4-2-5(8)3-6(7)9-4/h2-3H,1H3,(H2,8,9)/i1D3,2D,3D. The number of pyridine rings is 1. The van der Waals surface area contributed by atoms with Crippen LogP contribution in [0.5, 0.6) is 0 Å². The van der Waals surface area contributed by atoms with Crippen molar-refractivity contribution < 1.29 is 6.85 Å². The van der Waals surface area contributed by atoms with Crippen LogP contribution < -0.4 is 5.73 Å². The molecule has 0 aromatic carbocycles. The monoisotopic (exact) mass is 147 g/mol. The average Bonchev–Trinajstić information content (AvgIpc) is 2.06. The molecule has 0 spiro atoms. The smallest absolute Gasteiger partial charge is 0.131 e. The maximum atomic E-state index is 7.36. The van der Waals surface area contributed by atoms with E-state index in [1.54, 1.807) is 0 Å². The van der Waals surface area contributed by atoms with Crippen LogP contribution >= 0.6 is 11.6 Å². The molecule has 48 valence electrons. The lowest BCUT2D eigenvalue weighted by Gasteiger charge is -1.94. The highest BCUT2D eigenvalue weighted by Crippen LogP contribution is 2.10. The molecule has 0 saturated carbocycles. The SMILES string of the molecule is [2H]c1c(Cl)nc(C([2H])([2H])[2H])c([2H])c1N. The van der Waals surface area contributed by atoms with Crippen LogP contribution in [0, 0.1) is 6.85 Å². The van der Waals surface area contributed by atoms with Crippen LogP contribution in [0.1, 0.15) is 12.5 Å². The third-order valence-corrected chi connectivity index (χ3v) is 0.880. The molecule has 1 aromatic heterocycles. The lowest BCUT2D eigenvalue weighted by atomic mass is 10.3. The fourth-order valence-electron chi connectivity index (χ4n) is 0.424. The van der Waals surface area contributed by atoms with Crippen LogP contribution in [0.25, 0.3) is 0 Å². The Balaban J connectivity index is 3.49. The molecule has 1 aromatic rings. The Morgan fingerprint density at radius 1 is 1.89 bits per heavy atom. The van der Waals surface area contributed by atoms with E-state index in [1.165, 1.54) is 0 Å². The molecule has 9 heavy (non-hydrogen) atoms. The summed E-state index contributed by atoms with van der Waals surface area (Å²) in [6.07, 6.45) is 0. The largest absolute Gasteiger partial charge is 0.399 e. The molecule has 0 radical (unpaired) electrons. The highest BCUT2D eigenvalue weighted by atomic mass is 35.5. The van der Waals surface area contributed by atoms with Gasteiger partial charge in [0.2, 0.25) is 0 Å². The van der Waals surface area contributed by atoms with E-state index in [0.717, 1.165) is 0 Å². The zero-order valence-corrected chi connectivity index (χ0v) is 5.16. The predicted octanol–water partition coefficient (Wildman–Crippen LogP) is 1.63. The number of aromatic nitrogens is 1. The highest BCUT2D eigenvalue weighted by Gasteiger charge is 1.91. The minimum atomic E-state index is -2.54. The van der Waals surface area contributed by atoms with Crippen molar-refractivity contribution in [3.63, 3.8) is 0 Å². The number of nitrogen functional groups attached to an aromatic ring is 1. The second-order valence-electron chi connectivity index (χ2n) is 1.41. The number of rotatable bonds is 0. The third-order valence-electron chi connectivity index (χ3n) is 0.701. The lowest BCUT2D eigenvalue weighted by Crippen LogP contribution is -1.88. The maximum Gasteiger partial charge on any atom is 0.131 e. The van der Waals surface area contributed by atoms with Crippen molar-refractivity contribution in [3.05, 3.63) is 22.9 Å². The zero-order chi connectivity index (χ0) is 11.1. The van der Waals surface area contributed by atoms with Gasteiger partial charge < -0.3 is 5.73 Å². The van der Waals surface area contributed by atoms with Gasteiger partial charge in [-0.25, -0.2) is 4.98 Å². The Kier molecular flexibility index (Phi) is 0.611. The van der Waals surface area contributed by atoms with E-state index in [2.05, 4.69) is 4.98 Å². The van der Waals surface area contributed by atoms with Crippen LogP contribution in [0.15, 0.2) is 12.1 Å². The molecule has 0 atom stereocenters. The molecule has 1 heterocycles. The number of hydrogen-bond acceptors (Lipinski definition) is 2. The molecule has 0 amide bonds. The van der Waals surface area contributed by atoms with Gasteiger partial charge in [-0.15, -0.1) is 0 Å². The van der Waals surface area contributed by atoms with Gasteiger partial charge in [-0.3, -0.25) is 0 Å². The summed E-state index contributed by atoms with van der Waals surface area (Å²) < 4.78 is 35.8. The van der Waals surface area contributed by atoms with E-state index in [0.29, 0.717) is 0 Å². The maximum absolute atomic E-state index is 7.36. The van der Waals surface area contributed by atoms with E-state index >= 15 is 0 Å². The Bertz CT molecular complexity index is 375. The van der Waals surface area contributed by atoms with Gasteiger partial charge in [0.15, 0.2) is 0 Å². The van der Waals surface area contributed by atoms with Gasteiger partial charge in [-0.1, -0.05) is 11.6 Å². The molecule has 0 saturated heterocycles. The van der Waals surface area contributed by atoms with E-state index in [4.69, 9.17) is 24.2 Å². The van der Waals surface area contributed by atoms with Gasteiger partial charge in [-0.05, 0) is 18.9 Å². The molecule has 2 N–H and O–H groups in total. The zero-order valence-electron chi connectivity index (χ0n) is 9.40. The molecule has 0 fully saturated rings. The van der Waals surface area contributed by atoms with Gasteiger partial charge in [0, 0.05) is 15.5 Å². The third kappa shape index (κ3) is 1.57. The van der Waals surface area contributed by atoms with Crippen LogP contribution in [-0.4, -0.2) is 4.98 Å². The van der Waals surface area contributed by atoms with Crippen molar-refractivity contribution in [3.8, 4) is 0 Å². The second kappa shape index (κ2) is 2.23. The van der Waals surface area contributed by atoms with E-state index in [-0.39, 0.29) is 16.9 Å². The number of nitrogens with zero attached hydrogens (tertiary/aromatic N) is 1. The molecule has 0 aliphatic heterocycles. The molecular formula is C6H7ClN2. The van der Waals surface area contributed by atoms with Crippen LogP contribution in [0.3, 0.4) is 0 Å². The number of halogens is 1. The first-order valence-corrected chi connectivity index (χ1v) is 2.55. The molecule has 0 aliphatic carbocycles. The van der Waals surface area contributed by atoms with E-state index < -0.39 is 18.6 Å². The summed E-state index contributed by atoms with van der Waals surface area (Å²) in [6.45, 7) is -2.54. The number of nitrogens with two attached hydrogens (primary N) is 1. The first-order chi connectivity index (χ1) is 6.25. The minimum Gasteiger partial charge on any atom is -0.399 e. The quantitative estimate of drug-likeness (QED) is 0.567. The van der Waals surface area contributed by atoms with Gasteiger partial charge in [0.25, 0.3) is 0 Å². The molecular weight excluding hydrogens is 136 g/mol. The lowest BCUT2D eigenvalue weighted by molar-refractivity contribution is 1.20. The van der Waals surface area contributed by atoms with Gasteiger partial charge >= 0.3 is 0 Å². The fourth-order valence-corrected chi connectivity index (χ4v) is 0.610. The van der Waals surface area contributed by atoms with Crippen molar-refractivity contribution in [1.82, 2.24) is 4.98 Å². The van der Waals surface area contributed by atoms with Crippen molar-refractivity contribution in [2.45, 2.75) is 6.85 Å². The Hall–Kier alpha value is -0.760. The topological polar surface area (TPSA) is 38.9 Å². The number of aryl methyl sites for hydroxylation is 1. The number of anilines is 1. The van der Waals surface area contributed by atoms with Crippen molar-refractivity contribution >= 4 is 17.3 Å². The highest BCUT2D eigenvalue weighted by molar-refractivity contribution is 6.29. The normalized spacial score (nSPS) is 19.0. The second-order valence-corrected chi connectivity index (χ2v) is 1.77. The summed E-state index contributed by atoms with van der Waals surface area (Å²) in [5, 5.41) is -0.301. The van der Waals surface area contributed by atoms with Gasteiger partial charge in [0.05, 0.1) is 2.74 Å². The summed E-state index contributed by atoms with van der Waals surface area (Å²) in [6, 6.07) is -0.774. The van der Waals surface area contributed by atoms with Crippen LogP contribution in [0.2, 0.25) is 5.15 Å². The fraction of sp³-hybridized carbons (Fsp3) is 0.167. The van der Waals surface area contributed by atoms with Gasteiger partial charge in [-0.2, -0.15) is 0 Å². The molecule has 3 heteroatoms. The van der Waals surface area contributed by atoms with Crippen molar-refractivity contribution in [2.75, 3.05) is 5.73 Å². The average molecular weight is 148 g/mol. The Morgan fingerprint density at radius 2 is 2.67 bits per heavy atom. The van der Waals surface area contributed by atoms with Gasteiger partial charge in [0.1, 0.15) is 5.15 Å². The van der Waals surface area contributed by atoms with E-state index in [1.807, 2.05) is 0 Å². The molecule has 0 aliphatic rings. The predicted molar refractivity (Wildman–Crippen MR) is 38.4 cm³/mol. The summed E-state index contributed by atoms with van der Waals surface area (Å²) in [5.41, 5.74) is 4.59. The summed E-state index contributed by atoms with van der Waals surface area (Å²) in [7, 11) is 0. The molecule has 0 bridgehead atoms. The first-order valence-electron chi connectivity index (χ1n) is 4.67. The van der Waals surface area contributed by atoms with Crippen molar-refractivity contribution in [1.29, 1.82) is 0 Å². The minimum absolute atomic E-state index is 0.267. The Morgan fingerprint density at radius 3 is 3.33 bits per heavy atom. The number of hydrogen-bond donors (Lipinski definition) is 1. The van der Waals surface area contributed by atoms with Crippen molar-refractivity contribution in [2.24, 2.45) is 0 Å².